The quantitative estimate of drug-likeness (QED) is 0.0866. The Labute approximate surface area is 272 Å². The van der Waals surface area contributed by atoms with Crippen molar-refractivity contribution in [1.82, 2.24) is 19.9 Å². The summed E-state index contributed by atoms with van der Waals surface area (Å²) in [6.07, 6.45) is 8.25. The Morgan fingerprint density at radius 1 is 1.17 bits per heavy atom. The average molecular weight is 684 g/mol. The van der Waals surface area contributed by atoms with E-state index in [1.807, 2.05) is 56.6 Å². The summed E-state index contributed by atoms with van der Waals surface area (Å²) in [5, 5.41) is 24.5. The van der Waals surface area contributed by atoms with Crippen LogP contribution in [0, 0.1) is 21.4 Å². The molecule has 1 aromatic carbocycles. The molecule has 0 unspecified atom stereocenters. The normalized spacial score (nSPS) is 13.1. The third kappa shape index (κ3) is 8.20. The molecule has 232 valence electrons. The van der Waals surface area contributed by atoms with Crippen LogP contribution in [-0.4, -0.2) is 68.0 Å². The molecule has 0 amide bonds. The summed E-state index contributed by atoms with van der Waals surface area (Å²) < 4.78 is 7.00. The van der Waals surface area contributed by atoms with Crippen molar-refractivity contribution in [2.75, 3.05) is 32.5 Å². The minimum atomic E-state index is -0.558. The monoisotopic (exact) mass is 682 g/mol. The van der Waals surface area contributed by atoms with E-state index in [0.717, 1.165) is 15.9 Å². The summed E-state index contributed by atoms with van der Waals surface area (Å²) in [7, 11) is 3.79. The van der Waals surface area contributed by atoms with Gasteiger partial charge in [0.05, 0.1) is 60.9 Å². The third-order valence-corrected chi connectivity index (χ3v) is 7.61. The number of carbonyl (C=O) groups excluding carboxylic acids is 1. The first-order valence-corrected chi connectivity index (χ1v) is 14.9. The topological polar surface area (TPSA) is 169 Å². The summed E-state index contributed by atoms with van der Waals surface area (Å²) in [5.74, 6) is 0.814. The summed E-state index contributed by atoms with van der Waals surface area (Å²) in [5.41, 5.74) is 3.40. The number of rotatable bonds is 13. The first kappa shape index (κ1) is 32.0. The van der Waals surface area contributed by atoms with E-state index in [4.69, 9.17) is 10.00 Å². The zero-order valence-corrected chi connectivity index (χ0v) is 26.6. The minimum absolute atomic E-state index is 0.0675. The van der Waals surface area contributed by atoms with E-state index in [1.165, 1.54) is 12.4 Å². The number of fused-ring (bicyclic) bond motifs is 1. The first-order chi connectivity index (χ1) is 22.1. The number of nitrogens with zero attached hydrogens (tertiary/aromatic N) is 8. The van der Waals surface area contributed by atoms with Crippen molar-refractivity contribution >= 4 is 49.8 Å². The lowest BCUT2D eigenvalue weighted by Crippen LogP contribution is -2.41. The molecular weight excluding hydrogens is 654 g/mol. The molecule has 0 spiro atoms. The summed E-state index contributed by atoms with van der Waals surface area (Å²) in [6, 6.07) is 15.0. The van der Waals surface area contributed by atoms with Crippen LogP contribution in [0.25, 0.3) is 10.9 Å². The molecule has 46 heavy (non-hydrogen) atoms. The molecule has 1 aliphatic rings. The van der Waals surface area contributed by atoms with Gasteiger partial charge < -0.3 is 24.7 Å². The second-order valence-corrected chi connectivity index (χ2v) is 12.0. The highest BCUT2D eigenvalue weighted by Crippen LogP contribution is 2.31. The number of ketones is 1. The van der Waals surface area contributed by atoms with Crippen LogP contribution in [0.1, 0.15) is 17.8 Å². The number of likely N-dealkylation sites (N-methyl/N-ethyl adjacent to an activating group) is 1. The van der Waals surface area contributed by atoms with Gasteiger partial charge in [0.25, 0.3) is 0 Å². The number of hydrogen-bond acceptors (Lipinski definition) is 11. The molecule has 1 N–H and O–H groups in total. The van der Waals surface area contributed by atoms with Crippen LogP contribution in [-0.2, 0) is 17.8 Å². The van der Waals surface area contributed by atoms with Crippen LogP contribution in [0.2, 0.25) is 0 Å². The second-order valence-electron chi connectivity index (χ2n) is 11.1. The van der Waals surface area contributed by atoms with Crippen LogP contribution in [0.4, 0.5) is 11.5 Å². The Hall–Kier alpha value is -5.39. The molecule has 0 fully saturated rings. The number of nitrogens with one attached hydrogen (secondary N) is 1. The molecule has 0 bridgehead atoms. The Bertz CT molecular complexity index is 1940. The average Bonchev–Trinajstić information content (AvgIpc) is 3.44. The molecule has 13 nitrogen and oxygen atoms in total. The molecule has 14 heteroatoms. The smallest absolute Gasteiger partial charge is 0.369 e. The lowest BCUT2D eigenvalue weighted by molar-refractivity contribution is -0.880. The SMILES string of the molecule is C[N+](C)(C/C=C/C(=O)Cc1cc2c(Nc3ccc(OCc4ccccn4)c(Br)c3)ncnc2cn1)CC1=C([N+](=O)[O-])N=C(C#N)C1. The largest absolute Gasteiger partial charge is 0.486 e. The van der Waals surface area contributed by atoms with Crippen LogP contribution in [0.3, 0.4) is 0 Å². The number of aromatic nitrogens is 4. The number of allylic oxidation sites excluding steroid dienone is 1. The number of pyridine rings is 2. The first-order valence-electron chi connectivity index (χ1n) is 14.1. The molecule has 4 aromatic rings. The molecule has 1 aliphatic heterocycles. The fraction of sp³-hybridized carbons (Fsp3) is 0.219. The minimum Gasteiger partial charge on any atom is -0.486 e. The van der Waals surface area contributed by atoms with Crippen molar-refractivity contribution in [3.8, 4) is 11.8 Å². The third-order valence-electron chi connectivity index (χ3n) is 6.99. The highest BCUT2D eigenvalue weighted by Gasteiger charge is 2.33. The van der Waals surface area contributed by atoms with Crippen molar-refractivity contribution in [2.45, 2.75) is 19.4 Å². The fourth-order valence-electron chi connectivity index (χ4n) is 4.84. The molecule has 0 saturated carbocycles. The zero-order chi connectivity index (χ0) is 32.7. The van der Waals surface area contributed by atoms with Crippen LogP contribution >= 0.6 is 15.9 Å². The number of benzene rings is 1. The lowest BCUT2D eigenvalue weighted by atomic mass is 10.1. The van der Waals surface area contributed by atoms with Gasteiger partial charge in [0.2, 0.25) is 5.71 Å². The van der Waals surface area contributed by atoms with Gasteiger partial charge in [-0.3, -0.25) is 14.8 Å². The Kier molecular flexibility index (Phi) is 9.85. The van der Waals surface area contributed by atoms with Crippen molar-refractivity contribution in [3.63, 3.8) is 0 Å². The number of anilines is 2. The fourth-order valence-corrected chi connectivity index (χ4v) is 5.34. The van der Waals surface area contributed by atoms with Gasteiger partial charge in [-0.25, -0.2) is 9.97 Å². The van der Waals surface area contributed by atoms with E-state index in [1.54, 1.807) is 24.5 Å². The number of nitriles is 1. The molecular formula is C32H29BrN9O4+. The lowest BCUT2D eigenvalue weighted by Gasteiger charge is -2.28. The number of carbonyl (C=O) groups is 1. The Morgan fingerprint density at radius 3 is 2.76 bits per heavy atom. The molecule has 0 atom stereocenters. The van der Waals surface area contributed by atoms with Crippen molar-refractivity contribution in [3.05, 3.63) is 111 Å². The molecule has 3 aromatic heterocycles. The molecule has 5 rings (SSSR count). The number of aliphatic imine (C=N–C) groups is 1. The number of hydrogen-bond donors (Lipinski definition) is 1. The van der Waals surface area contributed by atoms with Crippen LogP contribution in [0.5, 0.6) is 5.75 Å². The molecule has 0 saturated heterocycles. The number of nitro groups is 1. The predicted octanol–water partition coefficient (Wildman–Crippen LogP) is 5.11. The maximum atomic E-state index is 12.8. The van der Waals surface area contributed by atoms with Gasteiger partial charge in [0.1, 0.15) is 37.1 Å². The van der Waals surface area contributed by atoms with Gasteiger partial charge in [-0.05, 0) is 74.4 Å². The molecule has 0 radical (unpaired) electrons. The maximum Gasteiger partial charge on any atom is 0.369 e. The number of quaternary nitrogens is 1. The second kappa shape index (κ2) is 14.1. The van der Waals surface area contributed by atoms with E-state index in [-0.39, 0.29) is 30.2 Å². The number of ether oxygens (including phenoxy) is 1. The van der Waals surface area contributed by atoms with Crippen LogP contribution in [0.15, 0.2) is 94.2 Å². The maximum absolute atomic E-state index is 12.8. The van der Waals surface area contributed by atoms with E-state index < -0.39 is 4.92 Å². The highest BCUT2D eigenvalue weighted by molar-refractivity contribution is 9.10. The van der Waals surface area contributed by atoms with Crippen molar-refractivity contribution in [1.29, 1.82) is 5.26 Å². The standard InChI is InChI=1S/C32H29BrN9O4/c1-42(2,18-21-12-25(16-34)40-32(21)41(44)45)11-5-7-26(43)13-24-14-27-29(17-36-24)37-20-38-31(27)39-22-8-9-30(28(33)15-22)46-19-23-6-3-4-10-35-23/h3-10,14-15,17,20H,11-13,18-19H2,1-2H3,(H,37,38,39)/q+1/b7-5+. The van der Waals surface area contributed by atoms with Gasteiger partial charge >= 0.3 is 5.82 Å². The van der Waals surface area contributed by atoms with E-state index in [9.17, 15) is 14.9 Å². The van der Waals surface area contributed by atoms with Gasteiger partial charge in [0, 0.05) is 23.0 Å². The summed E-state index contributed by atoms with van der Waals surface area (Å²) in [4.78, 5) is 44.9. The summed E-state index contributed by atoms with van der Waals surface area (Å²) >= 11 is 3.57. The molecule has 4 heterocycles. The van der Waals surface area contributed by atoms with E-state index >= 15 is 0 Å². The van der Waals surface area contributed by atoms with Crippen LogP contribution < -0.4 is 10.1 Å². The van der Waals surface area contributed by atoms with Gasteiger partial charge in [-0.2, -0.15) is 5.26 Å². The summed E-state index contributed by atoms with van der Waals surface area (Å²) in [6.45, 7) is 1.10. The number of halogens is 1. The Morgan fingerprint density at radius 2 is 2.02 bits per heavy atom. The Balaban J connectivity index is 1.21. The highest BCUT2D eigenvalue weighted by atomic mass is 79.9. The predicted molar refractivity (Wildman–Crippen MR) is 175 cm³/mol. The van der Waals surface area contributed by atoms with Gasteiger partial charge in [0.15, 0.2) is 5.78 Å². The van der Waals surface area contributed by atoms with Gasteiger partial charge in [-0.15, -0.1) is 0 Å². The van der Waals surface area contributed by atoms with Crippen molar-refractivity contribution in [2.24, 2.45) is 4.99 Å². The van der Waals surface area contributed by atoms with E-state index in [2.05, 4.69) is 46.2 Å². The molecule has 0 aliphatic carbocycles. The van der Waals surface area contributed by atoms with Gasteiger partial charge in [-0.1, -0.05) is 6.07 Å². The van der Waals surface area contributed by atoms with Crippen molar-refractivity contribution < 1.29 is 18.9 Å². The van der Waals surface area contributed by atoms with E-state index in [0.29, 0.717) is 57.9 Å². The zero-order valence-electron chi connectivity index (χ0n) is 25.1.